The summed E-state index contributed by atoms with van der Waals surface area (Å²) in [6, 6.07) is 84.9. The molecule has 58 heavy (non-hydrogen) atoms. The van der Waals surface area contributed by atoms with E-state index in [9.17, 15) is 0 Å². The summed E-state index contributed by atoms with van der Waals surface area (Å²) >= 11 is 0.359. The molecule has 0 atom stereocenters. The number of nitrogens with zero attached hydrogens (tertiary/aromatic N) is 3. The van der Waals surface area contributed by atoms with Gasteiger partial charge in [-0.15, -0.1) is 0 Å². The quantitative estimate of drug-likeness (QED) is 0.127. The minimum absolute atomic E-state index is 0.359. The van der Waals surface area contributed by atoms with Crippen molar-refractivity contribution in [2.24, 2.45) is 0 Å². The molecule has 0 saturated carbocycles. The van der Waals surface area contributed by atoms with Crippen LogP contribution in [0.25, 0.3) is 30.4 Å². The van der Waals surface area contributed by atoms with Gasteiger partial charge in [-0.2, -0.15) is 0 Å². The fourth-order valence-electron chi connectivity index (χ4n) is 7.86. The number of hydrogen-bond donors (Lipinski definition) is 0. The molecule has 9 aromatic carbocycles. The van der Waals surface area contributed by atoms with Crippen LogP contribution in [0.15, 0.2) is 237 Å². The van der Waals surface area contributed by atoms with Crippen LogP contribution in [0.5, 0.6) is 0 Å². The van der Waals surface area contributed by atoms with Crippen molar-refractivity contribution in [2.45, 2.75) is 0 Å². The van der Waals surface area contributed by atoms with E-state index >= 15 is 0 Å². The summed E-state index contributed by atoms with van der Waals surface area (Å²) in [5.74, 6) is 0. The fourth-order valence-corrected chi connectivity index (χ4v) is 10.1. The Balaban J connectivity index is 1.05. The van der Waals surface area contributed by atoms with E-state index in [0.717, 1.165) is 51.2 Å². The molecule has 0 aliphatic carbocycles. The molecule has 0 aliphatic rings. The van der Waals surface area contributed by atoms with Gasteiger partial charge in [-0.05, 0) is 48.5 Å². The molecule has 0 radical (unpaired) electrons. The molecule has 276 valence electrons. The van der Waals surface area contributed by atoms with Crippen molar-refractivity contribution in [1.29, 1.82) is 0 Å². The van der Waals surface area contributed by atoms with E-state index in [1.165, 1.54) is 30.4 Å². The molecule has 0 N–H and O–H groups in total. The Bertz CT molecular complexity index is 2710. The zero-order valence-corrected chi connectivity index (χ0v) is 33.5. The molecule has 0 saturated heterocycles. The van der Waals surface area contributed by atoms with Crippen molar-refractivity contribution >= 4 is 85.0 Å². The molecule has 4 heteroatoms. The predicted molar refractivity (Wildman–Crippen MR) is 248 cm³/mol. The zero-order valence-electron chi connectivity index (χ0n) is 31.8. The van der Waals surface area contributed by atoms with Gasteiger partial charge in [0.25, 0.3) is 0 Å². The molecule has 3 nitrogen and oxygen atoms in total. The predicted octanol–water partition coefficient (Wildman–Crippen LogP) is 15.1. The molecule has 0 unspecified atom stereocenters. The van der Waals surface area contributed by atoms with Gasteiger partial charge in [-0.3, -0.25) is 0 Å². The number of benzene rings is 9. The molecular formula is C54H39N3Se. The van der Waals surface area contributed by atoms with Crippen LogP contribution in [-0.2, 0) is 0 Å². The molecule has 0 spiro atoms. The number of hydrogen-bond acceptors (Lipinski definition) is 3. The maximum absolute atomic E-state index is 2.38. The average Bonchev–Trinajstić information content (AvgIpc) is 3.68. The first-order valence-corrected chi connectivity index (χ1v) is 21.3. The Labute approximate surface area is 345 Å². The summed E-state index contributed by atoms with van der Waals surface area (Å²) in [5.41, 5.74) is 12.3. The van der Waals surface area contributed by atoms with E-state index < -0.39 is 0 Å². The van der Waals surface area contributed by atoms with Gasteiger partial charge >= 0.3 is 182 Å². The van der Waals surface area contributed by atoms with Gasteiger partial charge in [0, 0.05) is 34.1 Å². The molecule has 0 bridgehead atoms. The number of rotatable bonds is 10. The van der Waals surface area contributed by atoms with E-state index in [4.69, 9.17) is 0 Å². The first-order chi connectivity index (χ1) is 28.8. The fraction of sp³-hybridized carbons (Fsp3) is 0. The van der Waals surface area contributed by atoms with Crippen molar-refractivity contribution in [1.82, 2.24) is 0 Å². The molecule has 10 rings (SSSR count). The van der Waals surface area contributed by atoms with Crippen LogP contribution in [0.2, 0.25) is 0 Å². The van der Waals surface area contributed by atoms with Crippen LogP contribution in [0.3, 0.4) is 0 Å². The van der Waals surface area contributed by atoms with Crippen LogP contribution in [0.4, 0.5) is 51.2 Å². The smallest absolute Gasteiger partial charge is 0.0602 e. The maximum atomic E-state index is 2.38. The average molecular weight is 809 g/mol. The Morgan fingerprint density at radius 1 is 0.224 bits per heavy atom. The molecule has 0 amide bonds. The molecule has 0 aliphatic heterocycles. The molecule has 0 fully saturated rings. The van der Waals surface area contributed by atoms with Crippen molar-refractivity contribution in [2.75, 3.05) is 14.7 Å². The van der Waals surface area contributed by atoms with Crippen molar-refractivity contribution < 1.29 is 0 Å². The Morgan fingerprint density at radius 3 is 0.914 bits per heavy atom. The minimum Gasteiger partial charge on any atom is -0.0602 e. The molecule has 1 aromatic heterocycles. The third-order valence-electron chi connectivity index (χ3n) is 10.6. The summed E-state index contributed by atoms with van der Waals surface area (Å²) < 4.78 is 2.93. The Hall–Kier alpha value is -7.10. The topological polar surface area (TPSA) is 9.72 Å². The van der Waals surface area contributed by atoms with Crippen LogP contribution in [0, 0.1) is 0 Å². The second-order valence-electron chi connectivity index (χ2n) is 14.2. The summed E-state index contributed by atoms with van der Waals surface area (Å²) in [5, 5.41) is 2.75. The van der Waals surface area contributed by atoms with Gasteiger partial charge in [0.05, 0.1) is 0 Å². The third-order valence-corrected chi connectivity index (χ3v) is 13.0. The number of para-hydroxylation sites is 4. The second kappa shape index (κ2) is 15.8. The van der Waals surface area contributed by atoms with Crippen molar-refractivity contribution in [3.63, 3.8) is 0 Å². The molecule has 10 aromatic rings. The standard InChI is InChI=1S/C54H39N3Se/c1-5-15-42(16-6-1)55(43-17-7-2-8-18-43)47-30-34-49(35-31-47)57(50-36-32-48(33-37-50)56(44-19-9-3-10-20-44)45-21-11-4-12-22-45)46-28-25-40(26-29-46)41-27-38-54-52(39-41)51-23-13-14-24-53(51)58-54/h1-39H. The minimum atomic E-state index is 0.359. The zero-order chi connectivity index (χ0) is 38.7. The SMILES string of the molecule is c1ccc(N(c2ccccc2)c2ccc(N(c3ccc(-c4ccc5[se]c6ccccc6c5c4)cc3)c3ccc(N(c4ccccc4)c4ccccc4)cc3)cc2)cc1. The summed E-state index contributed by atoms with van der Waals surface area (Å²) in [6.07, 6.45) is 0. The summed E-state index contributed by atoms with van der Waals surface area (Å²) in [6.45, 7) is 0. The van der Waals surface area contributed by atoms with E-state index in [1.807, 2.05) is 0 Å². The van der Waals surface area contributed by atoms with Crippen LogP contribution >= 0.6 is 0 Å². The van der Waals surface area contributed by atoms with E-state index in [0.29, 0.717) is 14.5 Å². The number of anilines is 9. The molecular weight excluding hydrogens is 770 g/mol. The summed E-state index contributed by atoms with van der Waals surface area (Å²) in [4.78, 5) is 6.95. The van der Waals surface area contributed by atoms with E-state index in [1.54, 1.807) is 0 Å². The van der Waals surface area contributed by atoms with Gasteiger partial charge in [-0.25, -0.2) is 0 Å². The van der Waals surface area contributed by atoms with E-state index in [2.05, 4.69) is 251 Å². The third kappa shape index (κ3) is 6.97. The van der Waals surface area contributed by atoms with Crippen LogP contribution in [0.1, 0.15) is 0 Å². The molecule has 1 heterocycles. The van der Waals surface area contributed by atoms with Gasteiger partial charge in [0.2, 0.25) is 0 Å². The van der Waals surface area contributed by atoms with Gasteiger partial charge in [-0.1, -0.05) is 72.8 Å². The normalized spacial score (nSPS) is 11.1. The monoisotopic (exact) mass is 809 g/mol. The van der Waals surface area contributed by atoms with Gasteiger partial charge < -0.3 is 9.80 Å². The number of fused-ring (bicyclic) bond motifs is 3. The Kier molecular flexibility index (Phi) is 9.62. The van der Waals surface area contributed by atoms with Crippen LogP contribution < -0.4 is 14.7 Å². The van der Waals surface area contributed by atoms with E-state index in [-0.39, 0.29) is 0 Å². The van der Waals surface area contributed by atoms with Crippen LogP contribution in [-0.4, -0.2) is 14.5 Å². The summed E-state index contributed by atoms with van der Waals surface area (Å²) in [7, 11) is 0. The van der Waals surface area contributed by atoms with Crippen molar-refractivity contribution in [3.8, 4) is 11.1 Å². The first kappa shape index (κ1) is 35.3. The van der Waals surface area contributed by atoms with Crippen molar-refractivity contribution in [3.05, 3.63) is 237 Å². The second-order valence-corrected chi connectivity index (χ2v) is 16.5. The van der Waals surface area contributed by atoms with Gasteiger partial charge in [0.1, 0.15) is 0 Å². The Morgan fingerprint density at radius 2 is 0.517 bits per heavy atom. The van der Waals surface area contributed by atoms with Gasteiger partial charge in [0.15, 0.2) is 0 Å². The first-order valence-electron chi connectivity index (χ1n) is 19.6.